The van der Waals surface area contributed by atoms with Gasteiger partial charge in [0.2, 0.25) is 0 Å². The van der Waals surface area contributed by atoms with Crippen LogP contribution in [-0.2, 0) is 4.74 Å². The van der Waals surface area contributed by atoms with E-state index in [9.17, 15) is 0 Å². The van der Waals surface area contributed by atoms with Crippen molar-refractivity contribution in [1.82, 2.24) is 9.97 Å². The fourth-order valence-corrected chi connectivity index (χ4v) is 0.576. The van der Waals surface area contributed by atoms with Crippen molar-refractivity contribution in [2.24, 2.45) is 0 Å². The molecule has 0 unspecified atom stereocenters. The van der Waals surface area contributed by atoms with E-state index in [1.807, 2.05) is 0 Å². The van der Waals surface area contributed by atoms with Crippen LogP contribution in [0.3, 0.4) is 0 Å². The minimum atomic E-state index is 0.393. The Hall–Kier alpha value is -1.16. The molecule has 1 aromatic heterocycles. The number of hydrogen-bond acceptors (Lipinski definition) is 4. The van der Waals surface area contributed by atoms with Crippen LogP contribution >= 0.6 is 0 Å². The normalized spacial score (nSPS) is 9.55. The average Bonchev–Trinajstić information content (AvgIpc) is 2.07. The van der Waals surface area contributed by atoms with Crippen molar-refractivity contribution >= 4 is 0 Å². The minimum absolute atomic E-state index is 0.393. The van der Waals surface area contributed by atoms with E-state index in [2.05, 4.69) is 9.97 Å². The van der Waals surface area contributed by atoms with Crippen molar-refractivity contribution in [2.75, 3.05) is 20.3 Å². The van der Waals surface area contributed by atoms with Gasteiger partial charge < -0.3 is 9.47 Å². The maximum absolute atomic E-state index is 5.10. The summed E-state index contributed by atoms with van der Waals surface area (Å²) in [5.74, 6) is 0. The summed E-state index contributed by atoms with van der Waals surface area (Å²) in [6, 6.07) is 2.13. The second kappa shape index (κ2) is 4.62. The van der Waals surface area contributed by atoms with Gasteiger partial charge in [-0.3, -0.25) is 0 Å². The topological polar surface area (TPSA) is 44.2 Å². The van der Waals surface area contributed by atoms with E-state index < -0.39 is 0 Å². The highest BCUT2D eigenvalue weighted by molar-refractivity contribution is 4.92. The first-order valence-electron chi connectivity index (χ1n) is 3.32. The highest BCUT2D eigenvalue weighted by atomic mass is 16.5. The first-order valence-corrected chi connectivity index (χ1v) is 3.32. The van der Waals surface area contributed by atoms with Gasteiger partial charge in [0.1, 0.15) is 6.61 Å². The number of hydrogen-bond donors (Lipinski definition) is 0. The molecule has 1 heterocycles. The van der Waals surface area contributed by atoms with Gasteiger partial charge in [-0.25, -0.2) is 9.97 Å². The van der Waals surface area contributed by atoms with Crippen LogP contribution in [0.5, 0.6) is 6.01 Å². The van der Waals surface area contributed by atoms with Crippen molar-refractivity contribution in [2.45, 2.75) is 0 Å². The van der Waals surface area contributed by atoms with Crippen LogP contribution in [0.2, 0.25) is 0 Å². The minimum Gasteiger partial charge on any atom is -0.461 e. The molecule has 11 heavy (non-hydrogen) atoms. The van der Waals surface area contributed by atoms with Gasteiger partial charge in [-0.05, 0) is 6.07 Å². The predicted octanol–water partition coefficient (Wildman–Crippen LogP) is 0.502. The molecule has 0 radical (unpaired) electrons. The van der Waals surface area contributed by atoms with Gasteiger partial charge in [-0.15, -0.1) is 0 Å². The van der Waals surface area contributed by atoms with E-state index in [1.165, 1.54) is 0 Å². The molecular formula is C7H10N2O2. The van der Waals surface area contributed by atoms with Crippen LogP contribution in [0, 0.1) is 0 Å². The van der Waals surface area contributed by atoms with E-state index in [0.29, 0.717) is 19.2 Å². The molecule has 0 fully saturated rings. The van der Waals surface area contributed by atoms with Gasteiger partial charge in [0.05, 0.1) is 6.61 Å². The summed E-state index contributed by atoms with van der Waals surface area (Å²) < 4.78 is 9.88. The Bertz CT molecular complexity index is 191. The molecule has 1 rings (SSSR count). The van der Waals surface area contributed by atoms with E-state index in [0.717, 1.165) is 0 Å². The Morgan fingerprint density at radius 1 is 1.27 bits per heavy atom. The fourth-order valence-electron chi connectivity index (χ4n) is 0.576. The molecular weight excluding hydrogens is 144 g/mol. The maximum atomic E-state index is 5.10. The van der Waals surface area contributed by atoms with Gasteiger partial charge in [0, 0.05) is 19.5 Å². The van der Waals surface area contributed by atoms with Crippen molar-refractivity contribution in [1.29, 1.82) is 0 Å². The van der Waals surface area contributed by atoms with Crippen molar-refractivity contribution in [3.8, 4) is 6.01 Å². The number of methoxy groups -OCH3 is 1. The summed E-state index contributed by atoms with van der Waals surface area (Å²) in [5, 5.41) is 0. The summed E-state index contributed by atoms with van der Waals surface area (Å²) in [5.41, 5.74) is 0. The molecule has 0 saturated carbocycles. The standard InChI is InChI=1S/C7H10N2O2/c1-10-5-6-11-7-8-3-2-4-9-7/h2-4H,5-6H2,1H3. The lowest BCUT2D eigenvalue weighted by molar-refractivity contribution is 0.141. The fraction of sp³-hybridized carbons (Fsp3) is 0.429. The Labute approximate surface area is 65.2 Å². The smallest absolute Gasteiger partial charge is 0.316 e. The zero-order chi connectivity index (χ0) is 7.94. The van der Waals surface area contributed by atoms with Crippen molar-refractivity contribution < 1.29 is 9.47 Å². The quantitative estimate of drug-likeness (QED) is 0.592. The second-order valence-electron chi connectivity index (χ2n) is 1.87. The Kier molecular flexibility index (Phi) is 3.34. The third-order valence-electron chi connectivity index (χ3n) is 1.06. The summed E-state index contributed by atoms with van der Waals surface area (Å²) in [6.07, 6.45) is 3.27. The molecule has 0 spiro atoms. The summed E-state index contributed by atoms with van der Waals surface area (Å²) in [4.78, 5) is 7.72. The van der Waals surface area contributed by atoms with Gasteiger partial charge in [-0.2, -0.15) is 0 Å². The highest BCUT2D eigenvalue weighted by Gasteiger charge is 1.91. The molecule has 0 aromatic carbocycles. The maximum Gasteiger partial charge on any atom is 0.316 e. The van der Waals surface area contributed by atoms with E-state index in [-0.39, 0.29) is 0 Å². The van der Waals surface area contributed by atoms with Crippen molar-refractivity contribution in [3.63, 3.8) is 0 Å². The summed E-state index contributed by atoms with van der Waals surface area (Å²) in [7, 11) is 1.62. The van der Waals surface area contributed by atoms with Crippen LogP contribution in [0.4, 0.5) is 0 Å². The molecule has 0 N–H and O–H groups in total. The molecule has 1 aromatic rings. The van der Waals surface area contributed by atoms with Gasteiger partial charge >= 0.3 is 6.01 Å². The number of nitrogens with zero attached hydrogens (tertiary/aromatic N) is 2. The zero-order valence-electron chi connectivity index (χ0n) is 6.36. The van der Waals surface area contributed by atoms with Crippen LogP contribution in [0.15, 0.2) is 18.5 Å². The van der Waals surface area contributed by atoms with Gasteiger partial charge in [0.25, 0.3) is 0 Å². The lowest BCUT2D eigenvalue weighted by Gasteiger charge is -2.00. The molecule has 0 atom stereocenters. The van der Waals surface area contributed by atoms with Crippen LogP contribution in [0.1, 0.15) is 0 Å². The van der Waals surface area contributed by atoms with Gasteiger partial charge in [-0.1, -0.05) is 0 Å². The lowest BCUT2D eigenvalue weighted by Crippen LogP contribution is -2.06. The average molecular weight is 154 g/mol. The monoisotopic (exact) mass is 154 g/mol. The predicted molar refractivity (Wildman–Crippen MR) is 39.4 cm³/mol. The molecule has 0 saturated heterocycles. The molecule has 0 aliphatic heterocycles. The number of aromatic nitrogens is 2. The zero-order valence-corrected chi connectivity index (χ0v) is 6.36. The number of rotatable bonds is 4. The van der Waals surface area contributed by atoms with Crippen LogP contribution in [0.25, 0.3) is 0 Å². The molecule has 60 valence electrons. The number of ether oxygens (including phenoxy) is 2. The largest absolute Gasteiger partial charge is 0.461 e. The molecule has 0 aliphatic carbocycles. The van der Waals surface area contributed by atoms with E-state index in [4.69, 9.17) is 9.47 Å². The highest BCUT2D eigenvalue weighted by Crippen LogP contribution is 1.95. The Balaban J connectivity index is 2.28. The second-order valence-corrected chi connectivity index (χ2v) is 1.87. The Morgan fingerprint density at radius 3 is 2.64 bits per heavy atom. The summed E-state index contributed by atoms with van der Waals surface area (Å²) >= 11 is 0. The lowest BCUT2D eigenvalue weighted by atomic mass is 10.7. The first-order chi connectivity index (χ1) is 5.43. The van der Waals surface area contributed by atoms with Crippen LogP contribution in [-0.4, -0.2) is 30.3 Å². The third kappa shape index (κ3) is 2.95. The molecule has 0 amide bonds. The third-order valence-corrected chi connectivity index (χ3v) is 1.06. The Morgan fingerprint density at radius 2 is 2.00 bits per heavy atom. The molecule has 0 aliphatic rings. The SMILES string of the molecule is COCCOc1ncccn1. The molecule has 4 nitrogen and oxygen atoms in total. The molecule has 4 heteroatoms. The van der Waals surface area contributed by atoms with E-state index >= 15 is 0 Å². The summed E-state index contributed by atoms with van der Waals surface area (Å²) in [6.45, 7) is 1.04. The van der Waals surface area contributed by atoms with E-state index in [1.54, 1.807) is 25.6 Å². The molecule has 0 bridgehead atoms. The van der Waals surface area contributed by atoms with Crippen LogP contribution < -0.4 is 4.74 Å². The first kappa shape index (κ1) is 7.94. The van der Waals surface area contributed by atoms with Crippen molar-refractivity contribution in [3.05, 3.63) is 18.5 Å². The van der Waals surface area contributed by atoms with Gasteiger partial charge in [0.15, 0.2) is 0 Å².